The van der Waals surface area contributed by atoms with Crippen LogP contribution in [0.3, 0.4) is 0 Å². The van der Waals surface area contributed by atoms with E-state index in [2.05, 4.69) is 39.5 Å². The van der Waals surface area contributed by atoms with Gasteiger partial charge in [-0.2, -0.15) is 0 Å². The number of benzene rings is 1. The second-order valence-corrected chi connectivity index (χ2v) is 7.48. The zero-order valence-corrected chi connectivity index (χ0v) is 16.8. The number of carbonyl (C=O) groups is 2. The summed E-state index contributed by atoms with van der Waals surface area (Å²) in [5.41, 5.74) is 3.08. The Kier molecular flexibility index (Phi) is 5.92. The van der Waals surface area contributed by atoms with Crippen molar-refractivity contribution in [2.24, 2.45) is 0 Å². The quantitative estimate of drug-likeness (QED) is 0.747. The largest absolute Gasteiger partial charge is 0.383 e. The maximum atomic E-state index is 12.5. The molecule has 0 radical (unpaired) electrons. The van der Waals surface area contributed by atoms with Gasteiger partial charge in [0.15, 0.2) is 5.82 Å². The number of nitrogens with one attached hydrogen (secondary N) is 1. The Morgan fingerprint density at radius 1 is 1.17 bits per heavy atom. The van der Waals surface area contributed by atoms with Gasteiger partial charge in [0.05, 0.1) is 6.61 Å². The van der Waals surface area contributed by atoms with E-state index >= 15 is 0 Å². The fourth-order valence-electron chi connectivity index (χ4n) is 3.92. The third kappa shape index (κ3) is 4.33. The highest BCUT2D eigenvalue weighted by atomic mass is 16.5. The van der Waals surface area contributed by atoms with Crippen molar-refractivity contribution in [3.05, 3.63) is 53.1 Å². The molecule has 0 atom stereocenters. The molecule has 4 rings (SSSR count). The predicted octanol–water partition coefficient (Wildman–Crippen LogP) is 0.773. The van der Waals surface area contributed by atoms with Crippen LogP contribution in [0.1, 0.15) is 32.2 Å². The van der Waals surface area contributed by atoms with Crippen molar-refractivity contribution in [2.75, 3.05) is 46.4 Å². The van der Waals surface area contributed by atoms with Gasteiger partial charge < -0.3 is 19.5 Å². The predicted molar refractivity (Wildman–Crippen MR) is 108 cm³/mol. The summed E-state index contributed by atoms with van der Waals surface area (Å²) in [6, 6.07) is 8.51. The Balaban J connectivity index is 1.30. The molecule has 0 spiro atoms. The lowest BCUT2D eigenvalue weighted by Gasteiger charge is -2.28. The third-order valence-electron chi connectivity index (χ3n) is 5.59. The molecule has 1 aromatic carbocycles. The fourth-order valence-corrected chi connectivity index (χ4v) is 3.92. The molecule has 0 fully saturated rings. The van der Waals surface area contributed by atoms with Crippen molar-refractivity contribution in [1.29, 1.82) is 0 Å². The average molecular weight is 397 g/mol. The molecule has 0 bridgehead atoms. The SMILES string of the molecule is COCCN1CCn2cc(C(=O)NCCN3CCc4ccccc4C3)nc2C1=O. The van der Waals surface area contributed by atoms with Crippen LogP contribution in [-0.4, -0.2) is 77.6 Å². The summed E-state index contributed by atoms with van der Waals surface area (Å²) in [5, 5.41) is 2.94. The minimum absolute atomic E-state index is 0.153. The molecule has 154 valence electrons. The Morgan fingerprint density at radius 2 is 2.00 bits per heavy atom. The summed E-state index contributed by atoms with van der Waals surface area (Å²) in [4.78, 5) is 33.4. The number of aromatic nitrogens is 2. The summed E-state index contributed by atoms with van der Waals surface area (Å²) >= 11 is 0. The molecular formula is C21H27N5O3. The van der Waals surface area contributed by atoms with Crippen LogP contribution in [0, 0.1) is 0 Å². The lowest BCUT2D eigenvalue weighted by molar-refractivity contribution is 0.0633. The van der Waals surface area contributed by atoms with E-state index in [9.17, 15) is 9.59 Å². The van der Waals surface area contributed by atoms with E-state index < -0.39 is 0 Å². The van der Waals surface area contributed by atoms with Gasteiger partial charge in [-0.25, -0.2) is 4.98 Å². The summed E-state index contributed by atoms with van der Waals surface area (Å²) in [7, 11) is 1.61. The third-order valence-corrected chi connectivity index (χ3v) is 5.59. The molecule has 2 aliphatic heterocycles. The van der Waals surface area contributed by atoms with Gasteiger partial charge in [0, 0.05) is 59.1 Å². The summed E-state index contributed by atoms with van der Waals surface area (Å²) in [6.07, 6.45) is 2.72. The Morgan fingerprint density at radius 3 is 2.83 bits per heavy atom. The van der Waals surface area contributed by atoms with Gasteiger partial charge >= 0.3 is 0 Å². The lowest BCUT2D eigenvalue weighted by atomic mass is 10.00. The molecule has 8 heteroatoms. The summed E-state index contributed by atoms with van der Waals surface area (Å²) in [5.74, 6) is -0.0648. The zero-order valence-electron chi connectivity index (χ0n) is 16.8. The molecule has 1 aromatic heterocycles. The number of fused-ring (bicyclic) bond motifs is 2. The normalized spacial score (nSPS) is 16.4. The van der Waals surface area contributed by atoms with E-state index in [0.717, 1.165) is 26.1 Å². The molecule has 2 amide bonds. The minimum Gasteiger partial charge on any atom is -0.383 e. The van der Waals surface area contributed by atoms with Crippen LogP contribution < -0.4 is 5.32 Å². The topological polar surface area (TPSA) is 79.7 Å². The van der Waals surface area contributed by atoms with E-state index in [1.165, 1.54) is 11.1 Å². The molecule has 0 saturated heterocycles. The Bertz CT molecular complexity index is 894. The fraction of sp³-hybridized carbons (Fsp3) is 0.476. The van der Waals surface area contributed by atoms with Gasteiger partial charge in [-0.3, -0.25) is 14.5 Å². The minimum atomic E-state index is -0.236. The maximum absolute atomic E-state index is 12.5. The second kappa shape index (κ2) is 8.75. The van der Waals surface area contributed by atoms with Gasteiger partial charge in [0.1, 0.15) is 5.69 Å². The maximum Gasteiger partial charge on any atom is 0.290 e. The molecule has 0 unspecified atom stereocenters. The number of amides is 2. The van der Waals surface area contributed by atoms with Gasteiger partial charge in [0.2, 0.25) is 0 Å². The van der Waals surface area contributed by atoms with Crippen LogP contribution >= 0.6 is 0 Å². The standard InChI is InChI=1S/C21H27N5O3/c1-29-13-12-25-10-11-26-15-18(23-19(26)21(25)28)20(27)22-7-9-24-8-6-16-4-2-3-5-17(16)14-24/h2-5,15H,6-14H2,1H3,(H,22,27). The van der Waals surface area contributed by atoms with Crippen molar-refractivity contribution in [2.45, 2.75) is 19.5 Å². The molecule has 2 aliphatic rings. The second-order valence-electron chi connectivity index (χ2n) is 7.48. The lowest BCUT2D eigenvalue weighted by Crippen LogP contribution is -2.42. The van der Waals surface area contributed by atoms with Gasteiger partial charge in [-0.05, 0) is 17.5 Å². The van der Waals surface area contributed by atoms with Gasteiger partial charge in [-0.1, -0.05) is 24.3 Å². The highest BCUT2D eigenvalue weighted by molar-refractivity contribution is 5.96. The van der Waals surface area contributed by atoms with Crippen LogP contribution in [0.2, 0.25) is 0 Å². The van der Waals surface area contributed by atoms with Crippen LogP contribution in [0.4, 0.5) is 0 Å². The number of methoxy groups -OCH3 is 1. The first kappa shape index (κ1) is 19.6. The van der Waals surface area contributed by atoms with E-state index in [-0.39, 0.29) is 11.8 Å². The number of carbonyl (C=O) groups excluding carboxylic acids is 2. The van der Waals surface area contributed by atoms with E-state index in [1.807, 2.05) is 0 Å². The highest BCUT2D eigenvalue weighted by Gasteiger charge is 2.28. The van der Waals surface area contributed by atoms with Crippen molar-refractivity contribution in [1.82, 2.24) is 24.7 Å². The van der Waals surface area contributed by atoms with Crippen LogP contribution in [0.25, 0.3) is 0 Å². The zero-order chi connectivity index (χ0) is 20.2. The smallest absolute Gasteiger partial charge is 0.290 e. The van der Waals surface area contributed by atoms with Crippen molar-refractivity contribution in [3.8, 4) is 0 Å². The average Bonchev–Trinajstić information content (AvgIpc) is 3.18. The number of hydrogen-bond acceptors (Lipinski definition) is 5. The molecule has 29 heavy (non-hydrogen) atoms. The number of rotatable bonds is 7. The number of hydrogen-bond donors (Lipinski definition) is 1. The van der Waals surface area contributed by atoms with Crippen LogP contribution in [-0.2, 0) is 24.2 Å². The van der Waals surface area contributed by atoms with Crippen molar-refractivity contribution in [3.63, 3.8) is 0 Å². The Hall–Kier alpha value is -2.71. The number of ether oxygens (including phenoxy) is 1. The van der Waals surface area contributed by atoms with Crippen molar-refractivity contribution < 1.29 is 14.3 Å². The van der Waals surface area contributed by atoms with Gasteiger partial charge in [0.25, 0.3) is 11.8 Å². The monoisotopic (exact) mass is 397 g/mol. The van der Waals surface area contributed by atoms with Crippen molar-refractivity contribution >= 4 is 11.8 Å². The molecule has 1 N–H and O–H groups in total. The molecule has 8 nitrogen and oxygen atoms in total. The number of nitrogens with zero attached hydrogens (tertiary/aromatic N) is 4. The first-order valence-electron chi connectivity index (χ1n) is 10.1. The van der Waals surface area contributed by atoms with Gasteiger partial charge in [-0.15, -0.1) is 0 Å². The molecule has 0 saturated carbocycles. The summed E-state index contributed by atoms with van der Waals surface area (Å²) in [6.45, 7) is 5.51. The molecule has 3 heterocycles. The Labute approximate surface area is 170 Å². The molecular weight excluding hydrogens is 370 g/mol. The van der Waals surface area contributed by atoms with Crippen LogP contribution in [0.5, 0.6) is 0 Å². The summed E-state index contributed by atoms with van der Waals surface area (Å²) < 4.78 is 6.81. The first-order valence-corrected chi connectivity index (χ1v) is 10.1. The van der Waals surface area contributed by atoms with Crippen LogP contribution in [0.15, 0.2) is 30.5 Å². The molecule has 2 aromatic rings. The molecule has 0 aliphatic carbocycles. The van der Waals surface area contributed by atoms with E-state index in [1.54, 1.807) is 22.8 Å². The number of imidazole rings is 1. The highest BCUT2D eigenvalue weighted by Crippen LogP contribution is 2.18. The van der Waals surface area contributed by atoms with E-state index in [4.69, 9.17) is 4.74 Å². The first-order chi connectivity index (χ1) is 14.2. The van der Waals surface area contributed by atoms with E-state index in [0.29, 0.717) is 44.3 Å².